The third-order valence-corrected chi connectivity index (χ3v) is 2.37. The van der Waals surface area contributed by atoms with Crippen LogP contribution in [0.15, 0.2) is 18.2 Å². The molecule has 0 aromatic heterocycles. The molecule has 1 atom stereocenters. The Labute approximate surface area is 119 Å². The molecule has 1 aromatic rings. The van der Waals surface area contributed by atoms with Gasteiger partial charge in [0.15, 0.2) is 0 Å². The summed E-state index contributed by atoms with van der Waals surface area (Å²) in [5, 5.41) is 2.34. The second-order valence-corrected chi connectivity index (χ2v) is 4.13. The Hall–Kier alpha value is -1.83. The lowest BCUT2D eigenvalue weighted by molar-refractivity contribution is -0.184. The fourth-order valence-corrected chi connectivity index (χ4v) is 1.40. The summed E-state index contributed by atoms with van der Waals surface area (Å²) in [4.78, 5) is 11.7. The second-order valence-electron chi connectivity index (χ2n) is 4.13. The zero-order valence-electron chi connectivity index (χ0n) is 11.5. The molecule has 0 bridgehead atoms. The molecule has 0 aliphatic rings. The van der Waals surface area contributed by atoms with Crippen LogP contribution in [0.2, 0.25) is 0 Å². The number of carbonyl (C=O) groups excluding carboxylic acids is 1. The predicted molar refractivity (Wildman–Crippen MR) is 67.7 cm³/mol. The minimum Gasteiger partial charge on any atom is -0.492 e. The summed E-state index contributed by atoms with van der Waals surface area (Å²) in [5.74, 6) is -1.25. The highest BCUT2D eigenvalue weighted by molar-refractivity contribution is 5.95. The van der Waals surface area contributed by atoms with E-state index in [0.717, 1.165) is 12.1 Å². The van der Waals surface area contributed by atoms with Gasteiger partial charge in [0.2, 0.25) is 0 Å². The monoisotopic (exact) mass is 309 g/mol. The van der Waals surface area contributed by atoms with Crippen molar-refractivity contribution in [1.29, 1.82) is 0 Å². The smallest absolute Gasteiger partial charge is 0.411 e. The highest BCUT2D eigenvalue weighted by Crippen LogP contribution is 2.26. The number of hydrogen-bond acceptors (Lipinski definition) is 3. The topological polar surface area (TPSA) is 47.6 Å². The van der Waals surface area contributed by atoms with Gasteiger partial charge in [-0.1, -0.05) is 0 Å². The molecule has 1 aromatic carbocycles. The first-order valence-corrected chi connectivity index (χ1v) is 6.14. The Balaban J connectivity index is 2.69. The number of halogens is 4. The van der Waals surface area contributed by atoms with Crippen LogP contribution in [0.1, 0.15) is 13.8 Å². The fraction of sp³-hybridized carbons (Fsp3) is 0.462. The van der Waals surface area contributed by atoms with Crippen molar-refractivity contribution in [2.45, 2.75) is 26.1 Å². The largest absolute Gasteiger partial charge is 0.492 e. The van der Waals surface area contributed by atoms with Crippen LogP contribution in [0.3, 0.4) is 0 Å². The minimum atomic E-state index is -4.51. The van der Waals surface area contributed by atoms with Crippen LogP contribution < -0.4 is 10.1 Å². The molecule has 0 heterocycles. The number of amides is 1. The summed E-state index contributed by atoms with van der Waals surface area (Å²) in [6.45, 7) is 1.58. The van der Waals surface area contributed by atoms with Gasteiger partial charge in [-0.15, -0.1) is 0 Å². The number of rotatable bonds is 6. The molecule has 1 amide bonds. The van der Waals surface area contributed by atoms with Crippen molar-refractivity contribution < 1.29 is 31.8 Å². The Morgan fingerprint density at radius 3 is 2.62 bits per heavy atom. The lowest BCUT2D eigenvalue weighted by atomic mass is 10.2. The van der Waals surface area contributed by atoms with Gasteiger partial charge >= 0.3 is 6.18 Å². The van der Waals surface area contributed by atoms with Crippen molar-refractivity contribution in [3.05, 3.63) is 24.0 Å². The van der Waals surface area contributed by atoms with E-state index in [1.54, 1.807) is 6.92 Å². The molecular weight excluding hydrogens is 294 g/mol. The molecule has 8 heteroatoms. The lowest BCUT2D eigenvalue weighted by Crippen LogP contribution is -2.31. The van der Waals surface area contributed by atoms with Gasteiger partial charge in [0.25, 0.3) is 5.91 Å². The molecule has 0 radical (unpaired) electrons. The molecule has 0 spiro atoms. The highest BCUT2D eigenvalue weighted by atomic mass is 19.4. The van der Waals surface area contributed by atoms with Crippen molar-refractivity contribution in [3.63, 3.8) is 0 Å². The number of ether oxygens (including phenoxy) is 2. The number of benzene rings is 1. The zero-order valence-corrected chi connectivity index (χ0v) is 11.5. The summed E-state index contributed by atoms with van der Waals surface area (Å²) in [7, 11) is 0. The van der Waals surface area contributed by atoms with E-state index in [1.807, 2.05) is 0 Å². The summed E-state index contributed by atoms with van der Waals surface area (Å²) in [6, 6.07) is 3.43. The number of nitrogens with one attached hydrogen (secondary N) is 1. The van der Waals surface area contributed by atoms with Crippen LogP contribution in [-0.4, -0.2) is 31.4 Å². The molecule has 0 aliphatic carbocycles. The highest BCUT2D eigenvalue weighted by Gasteiger charge is 2.30. The molecule has 1 rings (SSSR count). The summed E-state index contributed by atoms with van der Waals surface area (Å²) in [6.07, 6.45) is -5.83. The van der Waals surface area contributed by atoms with Gasteiger partial charge in [0.1, 0.15) is 24.3 Å². The molecule has 0 saturated carbocycles. The Bertz CT molecular complexity index is 491. The van der Waals surface area contributed by atoms with Crippen LogP contribution in [0.25, 0.3) is 0 Å². The Morgan fingerprint density at radius 1 is 1.38 bits per heavy atom. The molecule has 0 aliphatic heterocycles. The average molecular weight is 309 g/mol. The van der Waals surface area contributed by atoms with Crippen molar-refractivity contribution in [3.8, 4) is 5.75 Å². The first-order valence-electron chi connectivity index (χ1n) is 6.14. The van der Waals surface area contributed by atoms with Crippen molar-refractivity contribution in [2.75, 3.05) is 18.5 Å². The molecule has 1 N–H and O–H groups in total. The van der Waals surface area contributed by atoms with Crippen LogP contribution in [0.4, 0.5) is 23.2 Å². The van der Waals surface area contributed by atoms with E-state index in [9.17, 15) is 22.4 Å². The van der Waals surface area contributed by atoms with Gasteiger partial charge in [0, 0.05) is 6.07 Å². The van der Waals surface area contributed by atoms with Crippen LogP contribution in [-0.2, 0) is 9.53 Å². The SMILES string of the molecule is CCOc1cc(F)ccc1NC(=O)C(C)OCC(F)(F)F. The van der Waals surface area contributed by atoms with E-state index < -0.39 is 30.6 Å². The minimum absolute atomic E-state index is 0.0915. The second kappa shape index (κ2) is 7.26. The van der Waals surface area contributed by atoms with Gasteiger partial charge in [-0.2, -0.15) is 13.2 Å². The molecular formula is C13H15F4NO3. The number of hydrogen-bond donors (Lipinski definition) is 1. The van der Waals surface area contributed by atoms with E-state index in [4.69, 9.17) is 4.74 Å². The maximum absolute atomic E-state index is 13.1. The Kier molecular flexibility index (Phi) is 5.95. The molecule has 0 fully saturated rings. The summed E-state index contributed by atoms with van der Waals surface area (Å²) < 4.78 is 58.6. The third-order valence-electron chi connectivity index (χ3n) is 2.37. The van der Waals surface area contributed by atoms with Crippen LogP contribution in [0, 0.1) is 5.82 Å². The molecule has 0 saturated heterocycles. The molecule has 118 valence electrons. The summed E-state index contributed by atoms with van der Waals surface area (Å²) in [5.41, 5.74) is 0.158. The lowest BCUT2D eigenvalue weighted by Gasteiger charge is -2.16. The van der Waals surface area contributed by atoms with Gasteiger partial charge in [0.05, 0.1) is 12.3 Å². The van der Waals surface area contributed by atoms with E-state index in [1.165, 1.54) is 13.0 Å². The van der Waals surface area contributed by atoms with Crippen LogP contribution >= 0.6 is 0 Å². The quantitative estimate of drug-likeness (QED) is 0.821. The fourth-order valence-electron chi connectivity index (χ4n) is 1.40. The normalized spacial score (nSPS) is 12.9. The number of anilines is 1. The van der Waals surface area contributed by atoms with Gasteiger partial charge in [-0.25, -0.2) is 4.39 Å². The molecule has 21 heavy (non-hydrogen) atoms. The van der Waals surface area contributed by atoms with E-state index in [2.05, 4.69) is 10.1 Å². The molecule has 1 unspecified atom stereocenters. The molecule has 4 nitrogen and oxygen atoms in total. The Morgan fingerprint density at radius 2 is 2.05 bits per heavy atom. The van der Waals surface area contributed by atoms with Crippen molar-refractivity contribution >= 4 is 11.6 Å². The zero-order chi connectivity index (χ0) is 16.0. The van der Waals surface area contributed by atoms with Crippen molar-refractivity contribution in [2.24, 2.45) is 0 Å². The number of carbonyl (C=O) groups is 1. The average Bonchev–Trinajstić information content (AvgIpc) is 2.38. The third kappa shape index (κ3) is 5.99. The van der Waals surface area contributed by atoms with Crippen molar-refractivity contribution in [1.82, 2.24) is 0 Å². The van der Waals surface area contributed by atoms with E-state index >= 15 is 0 Å². The van der Waals surface area contributed by atoms with Crippen LogP contribution in [0.5, 0.6) is 5.75 Å². The summed E-state index contributed by atoms with van der Waals surface area (Å²) >= 11 is 0. The maximum atomic E-state index is 13.1. The standard InChI is InChI=1S/C13H15F4NO3/c1-3-20-11-6-9(14)4-5-10(11)18-12(19)8(2)21-7-13(15,16)17/h4-6,8H,3,7H2,1-2H3,(H,18,19). The van der Waals surface area contributed by atoms with E-state index in [0.29, 0.717) is 0 Å². The van der Waals surface area contributed by atoms with Gasteiger partial charge < -0.3 is 14.8 Å². The maximum Gasteiger partial charge on any atom is 0.411 e. The van der Waals surface area contributed by atoms with Gasteiger partial charge in [-0.05, 0) is 26.0 Å². The first-order chi connectivity index (χ1) is 9.73. The number of alkyl halides is 3. The first kappa shape index (κ1) is 17.2. The van der Waals surface area contributed by atoms with E-state index in [-0.39, 0.29) is 18.0 Å². The van der Waals surface area contributed by atoms with Gasteiger partial charge in [-0.3, -0.25) is 4.79 Å². The predicted octanol–water partition coefficient (Wildman–Crippen LogP) is 3.13.